The lowest BCUT2D eigenvalue weighted by molar-refractivity contribution is 0.425. The molecular formula is C6H5BBrIO2. The number of hydrogen-bond donors (Lipinski definition) is 2. The first-order chi connectivity index (χ1) is 5.11. The molecule has 0 bridgehead atoms. The highest BCUT2D eigenvalue weighted by Gasteiger charge is 2.13. The minimum atomic E-state index is -1.38. The van der Waals surface area contributed by atoms with E-state index in [0.717, 1.165) is 8.04 Å². The molecule has 1 aromatic rings. The van der Waals surface area contributed by atoms with Crippen LogP contribution in [0.3, 0.4) is 0 Å². The van der Waals surface area contributed by atoms with Crippen molar-refractivity contribution in [2.24, 2.45) is 0 Å². The zero-order chi connectivity index (χ0) is 8.43. The van der Waals surface area contributed by atoms with Crippen LogP contribution in [0.1, 0.15) is 0 Å². The highest BCUT2D eigenvalue weighted by atomic mass is 127. The molecule has 0 aliphatic carbocycles. The van der Waals surface area contributed by atoms with Crippen molar-refractivity contribution in [3.05, 3.63) is 26.2 Å². The second-order valence-electron chi connectivity index (χ2n) is 2.04. The fourth-order valence-electron chi connectivity index (χ4n) is 0.711. The van der Waals surface area contributed by atoms with Gasteiger partial charge < -0.3 is 10.0 Å². The molecule has 58 valence electrons. The van der Waals surface area contributed by atoms with Crippen molar-refractivity contribution in [3.63, 3.8) is 0 Å². The Hall–Kier alpha value is 0.415. The summed E-state index contributed by atoms with van der Waals surface area (Å²) in [5.74, 6) is 0. The average Bonchev–Trinajstić information content (AvgIpc) is 1.85. The van der Waals surface area contributed by atoms with Crippen LogP contribution in [-0.4, -0.2) is 17.2 Å². The van der Waals surface area contributed by atoms with Gasteiger partial charge in [0.2, 0.25) is 0 Å². The SMILES string of the molecule is OB(O)c1ccc(Br)cc1I. The van der Waals surface area contributed by atoms with E-state index in [1.807, 2.05) is 6.07 Å². The monoisotopic (exact) mass is 326 g/mol. The first-order valence-electron chi connectivity index (χ1n) is 2.92. The van der Waals surface area contributed by atoms with Gasteiger partial charge in [-0.05, 0) is 40.2 Å². The third-order valence-electron chi connectivity index (χ3n) is 1.24. The normalized spacial score (nSPS) is 9.82. The molecule has 11 heavy (non-hydrogen) atoms. The van der Waals surface area contributed by atoms with Crippen LogP contribution in [0, 0.1) is 3.57 Å². The van der Waals surface area contributed by atoms with Crippen LogP contribution in [0.4, 0.5) is 0 Å². The standard InChI is InChI=1S/C6H5BBrIO2/c8-4-1-2-5(7(10)11)6(9)3-4/h1-3,10-11H. The predicted molar refractivity (Wildman–Crippen MR) is 56.7 cm³/mol. The second kappa shape index (κ2) is 3.89. The van der Waals surface area contributed by atoms with Gasteiger partial charge in [-0.3, -0.25) is 0 Å². The van der Waals surface area contributed by atoms with Gasteiger partial charge in [-0.1, -0.05) is 22.0 Å². The van der Waals surface area contributed by atoms with Crippen LogP contribution < -0.4 is 5.46 Å². The Kier molecular flexibility index (Phi) is 3.36. The average molecular weight is 327 g/mol. The molecule has 0 spiro atoms. The summed E-state index contributed by atoms with van der Waals surface area (Å²) in [7, 11) is -1.38. The van der Waals surface area contributed by atoms with Crippen molar-refractivity contribution in [1.82, 2.24) is 0 Å². The maximum Gasteiger partial charge on any atom is 0.489 e. The first kappa shape index (κ1) is 9.50. The fraction of sp³-hybridized carbons (Fsp3) is 0. The molecule has 0 aliphatic rings. The Morgan fingerprint density at radius 3 is 2.45 bits per heavy atom. The molecule has 0 aromatic heterocycles. The molecule has 1 aromatic carbocycles. The van der Waals surface area contributed by atoms with Crippen LogP contribution >= 0.6 is 38.5 Å². The van der Waals surface area contributed by atoms with Gasteiger partial charge in [-0.2, -0.15) is 0 Å². The molecule has 1 rings (SSSR count). The summed E-state index contributed by atoms with van der Waals surface area (Å²) >= 11 is 5.33. The summed E-state index contributed by atoms with van der Waals surface area (Å²) in [6.07, 6.45) is 0. The van der Waals surface area contributed by atoms with Gasteiger partial charge >= 0.3 is 7.12 Å². The van der Waals surface area contributed by atoms with Gasteiger partial charge in [-0.25, -0.2) is 0 Å². The maximum absolute atomic E-state index is 8.83. The van der Waals surface area contributed by atoms with Crippen molar-refractivity contribution in [1.29, 1.82) is 0 Å². The topological polar surface area (TPSA) is 40.5 Å². The minimum absolute atomic E-state index is 0.536. The fourth-order valence-corrected chi connectivity index (χ4v) is 2.29. The lowest BCUT2D eigenvalue weighted by Gasteiger charge is -2.01. The third kappa shape index (κ3) is 2.43. The Morgan fingerprint density at radius 1 is 1.36 bits per heavy atom. The highest BCUT2D eigenvalue weighted by Crippen LogP contribution is 2.11. The van der Waals surface area contributed by atoms with Crippen molar-refractivity contribution >= 4 is 51.1 Å². The summed E-state index contributed by atoms with van der Waals surface area (Å²) < 4.78 is 1.78. The zero-order valence-corrected chi connectivity index (χ0v) is 9.20. The van der Waals surface area contributed by atoms with Crippen LogP contribution in [0.2, 0.25) is 0 Å². The van der Waals surface area contributed by atoms with Gasteiger partial charge in [0.05, 0.1) is 0 Å². The van der Waals surface area contributed by atoms with E-state index in [9.17, 15) is 0 Å². The van der Waals surface area contributed by atoms with Gasteiger partial charge in [0, 0.05) is 8.04 Å². The number of benzene rings is 1. The summed E-state index contributed by atoms with van der Waals surface area (Å²) in [5, 5.41) is 17.7. The Balaban J connectivity index is 3.09. The smallest absolute Gasteiger partial charge is 0.423 e. The maximum atomic E-state index is 8.83. The van der Waals surface area contributed by atoms with E-state index in [4.69, 9.17) is 10.0 Å². The zero-order valence-electron chi connectivity index (χ0n) is 5.46. The van der Waals surface area contributed by atoms with E-state index in [0.29, 0.717) is 5.46 Å². The molecule has 2 nitrogen and oxygen atoms in total. The van der Waals surface area contributed by atoms with Crippen molar-refractivity contribution in [2.75, 3.05) is 0 Å². The van der Waals surface area contributed by atoms with E-state index in [1.165, 1.54) is 0 Å². The molecule has 0 amide bonds. The first-order valence-corrected chi connectivity index (χ1v) is 4.79. The Morgan fingerprint density at radius 2 is 2.00 bits per heavy atom. The van der Waals surface area contributed by atoms with Crippen molar-refractivity contribution in [2.45, 2.75) is 0 Å². The molecule has 0 radical (unpaired) electrons. The third-order valence-corrected chi connectivity index (χ3v) is 2.67. The van der Waals surface area contributed by atoms with Crippen molar-refractivity contribution in [3.8, 4) is 0 Å². The second-order valence-corrected chi connectivity index (χ2v) is 4.12. The molecular weight excluding hydrogens is 322 g/mol. The van der Waals surface area contributed by atoms with E-state index in [1.54, 1.807) is 12.1 Å². The molecule has 0 aliphatic heterocycles. The number of hydrogen-bond acceptors (Lipinski definition) is 2. The molecule has 0 atom stereocenters. The molecule has 0 saturated heterocycles. The quantitative estimate of drug-likeness (QED) is 0.590. The van der Waals surface area contributed by atoms with Gasteiger partial charge in [0.15, 0.2) is 0 Å². The van der Waals surface area contributed by atoms with E-state index in [-0.39, 0.29) is 0 Å². The Bertz CT molecular complexity index is 267. The van der Waals surface area contributed by atoms with E-state index >= 15 is 0 Å². The summed E-state index contributed by atoms with van der Waals surface area (Å²) in [6.45, 7) is 0. The number of halogens is 2. The summed E-state index contributed by atoms with van der Waals surface area (Å²) in [4.78, 5) is 0. The number of rotatable bonds is 1. The molecule has 2 N–H and O–H groups in total. The Labute approximate surface area is 87.0 Å². The van der Waals surface area contributed by atoms with E-state index < -0.39 is 7.12 Å². The molecule has 0 fully saturated rings. The predicted octanol–water partition coefficient (Wildman–Crippen LogP) is 0.733. The van der Waals surface area contributed by atoms with E-state index in [2.05, 4.69) is 38.5 Å². The van der Waals surface area contributed by atoms with Gasteiger partial charge in [0.25, 0.3) is 0 Å². The largest absolute Gasteiger partial charge is 0.489 e. The van der Waals surface area contributed by atoms with Crippen molar-refractivity contribution < 1.29 is 10.0 Å². The summed E-state index contributed by atoms with van der Waals surface area (Å²) in [5.41, 5.74) is 0.536. The van der Waals surface area contributed by atoms with Crippen LogP contribution in [-0.2, 0) is 0 Å². The van der Waals surface area contributed by atoms with Gasteiger partial charge in [0.1, 0.15) is 0 Å². The highest BCUT2D eigenvalue weighted by molar-refractivity contribution is 14.1. The van der Waals surface area contributed by atoms with Crippen LogP contribution in [0.15, 0.2) is 22.7 Å². The summed E-state index contributed by atoms with van der Waals surface area (Å²) in [6, 6.07) is 5.28. The molecule has 5 heteroatoms. The van der Waals surface area contributed by atoms with Crippen LogP contribution in [0.5, 0.6) is 0 Å². The lowest BCUT2D eigenvalue weighted by Crippen LogP contribution is -2.32. The minimum Gasteiger partial charge on any atom is -0.423 e. The molecule has 0 saturated carbocycles. The molecule has 0 heterocycles. The van der Waals surface area contributed by atoms with Crippen LogP contribution in [0.25, 0.3) is 0 Å². The molecule has 0 unspecified atom stereocenters. The van der Waals surface area contributed by atoms with Gasteiger partial charge in [-0.15, -0.1) is 0 Å². The lowest BCUT2D eigenvalue weighted by atomic mass is 9.81.